The van der Waals surface area contributed by atoms with Gasteiger partial charge in [0.1, 0.15) is 17.2 Å². The Morgan fingerprint density at radius 1 is 0.625 bits per heavy atom. The van der Waals surface area contributed by atoms with Crippen LogP contribution in [0.3, 0.4) is 0 Å². The highest BCUT2D eigenvalue weighted by Crippen LogP contribution is 2.40. The van der Waals surface area contributed by atoms with E-state index in [1.165, 1.54) is 0 Å². The second-order valence-corrected chi connectivity index (χ2v) is 5.81. The normalized spacial score (nSPS) is 11.4. The van der Waals surface area contributed by atoms with Crippen molar-refractivity contribution in [2.75, 3.05) is 0 Å². The Kier molecular flexibility index (Phi) is 4.15. The molecule has 0 atom stereocenters. The number of nitrogens with two attached hydrogens (primary N) is 1. The molecule has 122 valence electrons. The second-order valence-electron chi connectivity index (χ2n) is 5.81. The van der Waals surface area contributed by atoms with Gasteiger partial charge in [-0.2, -0.15) is 0 Å². The predicted octanol–water partition coefficient (Wildman–Crippen LogP) is 3.25. The average molecular weight is 321 g/mol. The molecule has 0 aliphatic rings. The fourth-order valence-corrected chi connectivity index (χ4v) is 3.00. The summed E-state index contributed by atoms with van der Waals surface area (Å²) in [5.41, 5.74) is 7.11. The van der Waals surface area contributed by atoms with Gasteiger partial charge < -0.3 is 21.1 Å². The molecule has 3 rings (SSSR count). The number of aromatic hydroxyl groups is 3. The Morgan fingerprint density at radius 3 is 1.50 bits per heavy atom. The SMILES string of the molecule is NC(Cc1ccccc1O)(c1ccccc1O)c1ccccc1O. The molecule has 0 aliphatic heterocycles. The van der Waals surface area contributed by atoms with E-state index in [0.29, 0.717) is 16.7 Å². The maximum Gasteiger partial charge on any atom is 0.120 e. The van der Waals surface area contributed by atoms with E-state index < -0.39 is 5.54 Å². The van der Waals surface area contributed by atoms with E-state index in [2.05, 4.69) is 0 Å². The summed E-state index contributed by atoms with van der Waals surface area (Å²) in [6.07, 6.45) is 0.217. The largest absolute Gasteiger partial charge is 0.508 e. The first-order valence-corrected chi connectivity index (χ1v) is 7.65. The summed E-state index contributed by atoms with van der Waals surface area (Å²) in [4.78, 5) is 0. The fourth-order valence-electron chi connectivity index (χ4n) is 3.00. The van der Waals surface area contributed by atoms with Crippen LogP contribution in [-0.4, -0.2) is 15.3 Å². The number of phenols is 3. The zero-order valence-corrected chi connectivity index (χ0v) is 13.1. The summed E-state index contributed by atoms with van der Waals surface area (Å²) in [6, 6.07) is 20.5. The van der Waals surface area contributed by atoms with Crippen LogP contribution in [-0.2, 0) is 12.0 Å². The van der Waals surface area contributed by atoms with Gasteiger partial charge in [0.05, 0.1) is 5.54 Å². The molecule has 0 saturated heterocycles. The van der Waals surface area contributed by atoms with Gasteiger partial charge in [-0.05, 0) is 23.8 Å². The first-order valence-electron chi connectivity index (χ1n) is 7.65. The third-order valence-corrected chi connectivity index (χ3v) is 4.23. The Hall–Kier alpha value is -2.98. The van der Waals surface area contributed by atoms with Crippen molar-refractivity contribution in [1.82, 2.24) is 0 Å². The maximum atomic E-state index is 10.3. The highest BCUT2D eigenvalue weighted by atomic mass is 16.3. The van der Waals surface area contributed by atoms with Crippen molar-refractivity contribution in [3.05, 3.63) is 89.5 Å². The molecule has 3 aromatic carbocycles. The van der Waals surface area contributed by atoms with Gasteiger partial charge in [-0.3, -0.25) is 0 Å². The maximum absolute atomic E-state index is 10.3. The first kappa shape index (κ1) is 15.9. The van der Waals surface area contributed by atoms with Crippen LogP contribution < -0.4 is 5.73 Å². The number of benzene rings is 3. The lowest BCUT2D eigenvalue weighted by molar-refractivity contribution is 0.408. The van der Waals surface area contributed by atoms with Crippen LogP contribution in [0.25, 0.3) is 0 Å². The third kappa shape index (κ3) is 2.79. The van der Waals surface area contributed by atoms with Crippen molar-refractivity contribution >= 4 is 0 Å². The second kappa shape index (κ2) is 6.26. The summed E-state index contributed by atoms with van der Waals surface area (Å²) in [5.74, 6) is 0.204. The fraction of sp³-hybridized carbons (Fsp3) is 0.100. The van der Waals surface area contributed by atoms with Crippen molar-refractivity contribution < 1.29 is 15.3 Å². The molecule has 0 unspecified atom stereocenters. The molecule has 0 spiro atoms. The van der Waals surface area contributed by atoms with Gasteiger partial charge in [0, 0.05) is 17.5 Å². The minimum Gasteiger partial charge on any atom is -0.508 e. The molecule has 0 bridgehead atoms. The minimum absolute atomic E-state index is 0.0404. The zero-order chi connectivity index (χ0) is 17.2. The molecule has 0 aliphatic carbocycles. The number of hydrogen-bond acceptors (Lipinski definition) is 4. The lowest BCUT2D eigenvalue weighted by Crippen LogP contribution is -2.40. The van der Waals surface area contributed by atoms with Gasteiger partial charge >= 0.3 is 0 Å². The van der Waals surface area contributed by atoms with E-state index in [1.54, 1.807) is 66.7 Å². The number of hydrogen-bond donors (Lipinski definition) is 4. The van der Waals surface area contributed by atoms with Gasteiger partial charge in [0.2, 0.25) is 0 Å². The van der Waals surface area contributed by atoms with Gasteiger partial charge in [-0.25, -0.2) is 0 Å². The molecule has 0 heterocycles. The quantitative estimate of drug-likeness (QED) is 0.594. The van der Waals surface area contributed by atoms with Crippen LogP contribution in [0.5, 0.6) is 17.2 Å². The van der Waals surface area contributed by atoms with Gasteiger partial charge in [-0.1, -0.05) is 54.6 Å². The zero-order valence-electron chi connectivity index (χ0n) is 13.1. The van der Waals surface area contributed by atoms with Crippen LogP contribution in [0, 0.1) is 0 Å². The highest BCUT2D eigenvalue weighted by molar-refractivity contribution is 5.52. The van der Waals surface area contributed by atoms with Gasteiger partial charge in [0.25, 0.3) is 0 Å². The van der Waals surface area contributed by atoms with E-state index in [0.717, 1.165) is 0 Å². The predicted molar refractivity (Wildman–Crippen MR) is 93.0 cm³/mol. The van der Waals surface area contributed by atoms with E-state index in [9.17, 15) is 15.3 Å². The van der Waals surface area contributed by atoms with Gasteiger partial charge in [-0.15, -0.1) is 0 Å². The Morgan fingerprint density at radius 2 is 1.04 bits per heavy atom. The van der Waals surface area contributed by atoms with Crippen molar-refractivity contribution in [3.63, 3.8) is 0 Å². The molecular formula is C20H19NO3. The monoisotopic (exact) mass is 321 g/mol. The van der Waals surface area contributed by atoms with Crippen molar-refractivity contribution in [1.29, 1.82) is 0 Å². The Bertz CT molecular complexity index is 815. The van der Waals surface area contributed by atoms with Crippen LogP contribution in [0.4, 0.5) is 0 Å². The van der Waals surface area contributed by atoms with E-state index >= 15 is 0 Å². The van der Waals surface area contributed by atoms with E-state index in [1.807, 2.05) is 6.07 Å². The molecule has 0 fully saturated rings. The van der Waals surface area contributed by atoms with E-state index in [4.69, 9.17) is 5.73 Å². The van der Waals surface area contributed by atoms with E-state index in [-0.39, 0.29) is 23.7 Å². The summed E-state index contributed by atoms with van der Waals surface area (Å²) in [5, 5.41) is 30.8. The molecule has 0 amide bonds. The Balaban J connectivity index is 2.20. The molecule has 4 heteroatoms. The average Bonchev–Trinajstić information content (AvgIpc) is 2.57. The molecule has 3 aromatic rings. The number of phenolic OH excluding ortho intramolecular Hbond substituents is 3. The van der Waals surface area contributed by atoms with Crippen LogP contribution in [0.2, 0.25) is 0 Å². The molecule has 4 nitrogen and oxygen atoms in total. The first-order chi connectivity index (χ1) is 11.5. The summed E-state index contributed by atoms with van der Waals surface area (Å²) in [7, 11) is 0. The molecule has 0 aromatic heterocycles. The van der Waals surface area contributed by atoms with Crippen molar-refractivity contribution in [3.8, 4) is 17.2 Å². The van der Waals surface area contributed by atoms with Crippen LogP contribution in [0.15, 0.2) is 72.8 Å². The minimum atomic E-state index is -1.20. The molecular weight excluding hydrogens is 302 g/mol. The molecule has 0 saturated carbocycles. The summed E-state index contributed by atoms with van der Waals surface area (Å²) < 4.78 is 0. The lowest BCUT2D eigenvalue weighted by Gasteiger charge is -2.32. The standard InChI is InChI=1S/C20H19NO3/c21-20(15-8-2-5-11-18(15)23,16-9-3-6-12-19(16)24)13-14-7-1-4-10-17(14)22/h1-12,22-24H,13,21H2. The van der Waals surface area contributed by atoms with Gasteiger partial charge in [0.15, 0.2) is 0 Å². The molecule has 24 heavy (non-hydrogen) atoms. The molecule has 0 radical (unpaired) electrons. The Labute approximate surface area is 140 Å². The van der Waals surface area contributed by atoms with Crippen LogP contribution >= 0.6 is 0 Å². The third-order valence-electron chi connectivity index (χ3n) is 4.23. The lowest BCUT2D eigenvalue weighted by atomic mass is 9.78. The number of rotatable bonds is 4. The number of para-hydroxylation sites is 3. The highest BCUT2D eigenvalue weighted by Gasteiger charge is 2.35. The smallest absolute Gasteiger partial charge is 0.120 e. The van der Waals surface area contributed by atoms with Crippen LogP contribution in [0.1, 0.15) is 16.7 Å². The topological polar surface area (TPSA) is 86.7 Å². The summed E-state index contributed by atoms with van der Waals surface area (Å²) >= 11 is 0. The van der Waals surface area contributed by atoms with Crippen molar-refractivity contribution in [2.45, 2.75) is 12.0 Å². The summed E-state index contributed by atoms with van der Waals surface area (Å²) in [6.45, 7) is 0. The van der Waals surface area contributed by atoms with Crippen molar-refractivity contribution in [2.24, 2.45) is 5.73 Å². The molecule has 5 N–H and O–H groups in total.